The number of benzene rings is 1. The predicted molar refractivity (Wildman–Crippen MR) is 124 cm³/mol. The van der Waals surface area contributed by atoms with Crippen LogP contribution >= 0.6 is 22.9 Å². The van der Waals surface area contributed by atoms with Gasteiger partial charge in [-0.1, -0.05) is 23.7 Å². The van der Waals surface area contributed by atoms with Gasteiger partial charge >= 0.3 is 0 Å². The second-order valence-electron chi connectivity index (χ2n) is 7.46. The Hall–Kier alpha value is -2.95. The topological polar surface area (TPSA) is 87.9 Å². The number of nitrogens with zero attached hydrogens (tertiary/aromatic N) is 4. The number of hydrogen-bond donors (Lipinski definition) is 1. The lowest BCUT2D eigenvalue weighted by Crippen LogP contribution is -2.54. The Morgan fingerprint density at radius 1 is 1.33 bits per heavy atom. The van der Waals surface area contributed by atoms with Gasteiger partial charge in [0.25, 0.3) is 5.91 Å². The highest BCUT2D eigenvalue weighted by Gasteiger charge is 2.33. The second kappa shape index (κ2) is 9.50. The first kappa shape index (κ1) is 23.2. The molecular weight excluding hydrogens is 471 g/mol. The summed E-state index contributed by atoms with van der Waals surface area (Å²) in [6.45, 7) is 3.38. The summed E-state index contributed by atoms with van der Waals surface area (Å²) < 4.78 is 20.8. The first-order valence-electron chi connectivity index (χ1n) is 10.3. The maximum atomic E-state index is 14.3. The zero-order valence-corrected chi connectivity index (χ0v) is 19.6. The second-order valence-corrected chi connectivity index (χ2v) is 8.98. The summed E-state index contributed by atoms with van der Waals surface area (Å²) >= 11 is 7.08. The van der Waals surface area contributed by atoms with E-state index in [0.717, 1.165) is 4.88 Å². The standard InChI is InChI=1S/C22H22ClFN4O4S/c1-3-27-12-26(7-8-32-2)22(31)18-20(30)19(29)15(11-28(18)27)21-25-10-14(33-21)9-13-5-4-6-16(23)17(13)24/h4-6,10-11,30H,3,7-9,12H2,1-2H3. The molecule has 0 radical (unpaired) electrons. The molecule has 3 heterocycles. The maximum Gasteiger partial charge on any atom is 0.277 e. The predicted octanol–water partition coefficient (Wildman–Crippen LogP) is 3.08. The average molecular weight is 493 g/mol. The van der Waals surface area contributed by atoms with Crippen molar-refractivity contribution in [2.45, 2.75) is 13.3 Å². The molecule has 8 nitrogen and oxygen atoms in total. The number of amides is 1. The summed E-state index contributed by atoms with van der Waals surface area (Å²) in [5.41, 5.74) is -0.197. The van der Waals surface area contributed by atoms with Gasteiger partial charge in [-0.3, -0.25) is 19.3 Å². The van der Waals surface area contributed by atoms with Gasteiger partial charge in [0, 0.05) is 43.9 Å². The van der Waals surface area contributed by atoms with Crippen LogP contribution in [0.5, 0.6) is 5.75 Å². The summed E-state index contributed by atoms with van der Waals surface area (Å²) in [4.78, 5) is 32.5. The first-order chi connectivity index (χ1) is 15.8. The number of hydrogen-bond acceptors (Lipinski definition) is 7. The molecule has 0 saturated heterocycles. The quantitative estimate of drug-likeness (QED) is 0.545. The molecule has 3 aromatic rings. The van der Waals surface area contributed by atoms with Crippen molar-refractivity contribution in [2.75, 3.05) is 38.5 Å². The van der Waals surface area contributed by atoms with Gasteiger partial charge in [-0.05, 0) is 18.6 Å². The monoisotopic (exact) mass is 492 g/mol. The number of carbonyl (C=O) groups excluding carboxylic acids is 1. The molecule has 0 spiro atoms. The summed E-state index contributed by atoms with van der Waals surface area (Å²) in [7, 11) is 1.54. The van der Waals surface area contributed by atoms with E-state index in [2.05, 4.69) is 4.98 Å². The van der Waals surface area contributed by atoms with Gasteiger partial charge in [-0.15, -0.1) is 11.3 Å². The number of halogens is 2. The van der Waals surface area contributed by atoms with E-state index >= 15 is 0 Å². The Morgan fingerprint density at radius 3 is 2.85 bits per heavy atom. The third kappa shape index (κ3) is 4.33. The minimum absolute atomic E-state index is 0.0407. The highest BCUT2D eigenvalue weighted by Crippen LogP contribution is 2.30. The highest BCUT2D eigenvalue weighted by molar-refractivity contribution is 7.15. The molecule has 0 fully saturated rings. The molecule has 1 aliphatic heterocycles. The number of pyridine rings is 1. The van der Waals surface area contributed by atoms with Gasteiger partial charge in [0.05, 0.1) is 17.2 Å². The lowest BCUT2D eigenvalue weighted by molar-refractivity contribution is 0.0625. The Morgan fingerprint density at radius 2 is 2.12 bits per heavy atom. The summed E-state index contributed by atoms with van der Waals surface area (Å²) in [6.07, 6.45) is 3.35. The number of thiazole rings is 1. The number of carbonyl (C=O) groups is 1. The van der Waals surface area contributed by atoms with Crippen LogP contribution in [0.15, 0.2) is 35.4 Å². The molecule has 33 heavy (non-hydrogen) atoms. The molecule has 2 aromatic heterocycles. The van der Waals surface area contributed by atoms with Crippen LogP contribution in [0, 0.1) is 5.82 Å². The molecule has 1 aliphatic rings. The molecule has 0 bridgehead atoms. The number of aromatic nitrogens is 2. The normalized spacial score (nSPS) is 13.5. The molecule has 1 N–H and O–H groups in total. The molecule has 1 aromatic carbocycles. The first-order valence-corrected chi connectivity index (χ1v) is 11.4. The van der Waals surface area contributed by atoms with Gasteiger partial charge in [0.2, 0.25) is 5.43 Å². The Bertz CT molecular complexity index is 1260. The fourth-order valence-corrected chi connectivity index (χ4v) is 4.79. The zero-order valence-electron chi connectivity index (χ0n) is 18.0. The van der Waals surface area contributed by atoms with Crippen molar-refractivity contribution in [3.05, 3.63) is 67.8 Å². The van der Waals surface area contributed by atoms with Crippen LogP contribution in [-0.4, -0.2) is 59.0 Å². The summed E-state index contributed by atoms with van der Waals surface area (Å²) in [5, 5.41) is 12.9. The van der Waals surface area contributed by atoms with Crippen LogP contribution in [0.4, 0.5) is 4.39 Å². The van der Waals surface area contributed by atoms with E-state index in [1.54, 1.807) is 18.3 Å². The van der Waals surface area contributed by atoms with Crippen molar-refractivity contribution >= 4 is 28.8 Å². The van der Waals surface area contributed by atoms with E-state index < -0.39 is 22.9 Å². The van der Waals surface area contributed by atoms with Gasteiger partial charge in [0.1, 0.15) is 17.5 Å². The van der Waals surface area contributed by atoms with Crippen molar-refractivity contribution in [2.24, 2.45) is 0 Å². The molecule has 0 unspecified atom stereocenters. The minimum Gasteiger partial charge on any atom is -0.502 e. The number of rotatable bonds is 7. The zero-order chi connectivity index (χ0) is 23.7. The number of aromatic hydroxyl groups is 1. The minimum atomic E-state index is -0.686. The fourth-order valence-electron chi connectivity index (χ4n) is 3.66. The van der Waals surface area contributed by atoms with Gasteiger partial charge in [0.15, 0.2) is 11.4 Å². The fraction of sp³-hybridized carbons (Fsp3) is 0.318. The SMILES string of the molecule is CCN1CN(CCOC)C(=O)c2c(O)c(=O)c(-c3ncc(Cc4cccc(Cl)c4F)s3)cn21. The third-order valence-corrected chi connectivity index (χ3v) is 6.73. The smallest absolute Gasteiger partial charge is 0.277 e. The molecule has 174 valence electrons. The Labute approximate surface area is 198 Å². The lowest BCUT2D eigenvalue weighted by Gasteiger charge is -2.39. The van der Waals surface area contributed by atoms with Crippen LogP contribution in [0.3, 0.4) is 0 Å². The summed E-state index contributed by atoms with van der Waals surface area (Å²) in [6, 6.07) is 4.79. The molecule has 0 aliphatic carbocycles. The number of fused-ring (bicyclic) bond motifs is 1. The molecule has 11 heteroatoms. The van der Waals surface area contributed by atoms with Crippen molar-refractivity contribution in [3.63, 3.8) is 0 Å². The molecule has 0 saturated carbocycles. The van der Waals surface area contributed by atoms with Crippen LogP contribution in [0.1, 0.15) is 27.9 Å². The van der Waals surface area contributed by atoms with Crippen molar-refractivity contribution in [1.29, 1.82) is 0 Å². The highest BCUT2D eigenvalue weighted by atomic mass is 35.5. The molecule has 4 rings (SSSR count). The number of methoxy groups -OCH3 is 1. The number of ether oxygens (including phenoxy) is 1. The van der Waals surface area contributed by atoms with Crippen LogP contribution < -0.4 is 10.4 Å². The van der Waals surface area contributed by atoms with Crippen molar-refractivity contribution < 1.29 is 19.0 Å². The Kier molecular flexibility index (Phi) is 6.68. The van der Waals surface area contributed by atoms with E-state index in [0.29, 0.717) is 30.3 Å². The maximum absolute atomic E-state index is 14.3. The van der Waals surface area contributed by atoms with Crippen LogP contribution in [0.25, 0.3) is 10.6 Å². The summed E-state index contributed by atoms with van der Waals surface area (Å²) in [5.74, 6) is -1.57. The van der Waals surface area contributed by atoms with Gasteiger partial charge in [-0.25, -0.2) is 9.37 Å². The van der Waals surface area contributed by atoms with Crippen LogP contribution in [-0.2, 0) is 11.2 Å². The van der Waals surface area contributed by atoms with E-state index in [-0.39, 0.29) is 29.4 Å². The van der Waals surface area contributed by atoms with Crippen LogP contribution in [0.2, 0.25) is 5.02 Å². The van der Waals surface area contributed by atoms with E-state index in [1.807, 2.05) is 11.9 Å². The molecular formula is C22H22ClFN4O4S. The van der Waals surface area contributed by atoms with E-state index in [4.69, 9.17) is 16.3 Å². The van der Waals surface area contributed by atoms with Crippen molar-refractivity contribution in [1.82, 2.24) is 14.6 Å². The van der Waals surface area contributed by atoms with E-state index in [1.165, 1.54) is 40.3 Å². The van der Waals surface area contributed by atoms with E-state index in [9.17, 15) is 19.1 Å². The lowest BCUT2D eigenvalue weighted by atomic mass is 10.1. The van der Waals surface area contributed by atoms with Gasteiger partial charge in [-0.2, -0.15) is 0 Å². The Balaban J connectivity index is 1.71. The molecule has 0 atom stereocenters. The largest absolute Gasteiger partial charge is 0.502 e. The van der Waals surface area contributed by atoms with Crippen molar-refractivity contribution in [3.8, 4) is 16.3 Å². The average Bonchev–Trinajstić information content (AvgIpc) is 3.26. The molecule has 1 amide bonds. The van der Waals surface area contributed by atoms with Gasteiger partial charge < -0.3 is 14.7 Å². The third-order valence-electron chi connectivity index (χ3n) is 5.40.